The highest BCUT2D eigenvalue weighted by atomic mass is 32.2. The largest absolute Gasteiger partial charge is 0.488 e. The molecule has 2 aromatic rings. The summed E-state index contributed by atoms with van der Waals surface area (Å²) in [7, 11) is -3.43. The van der Waals surface area contributed by atoms with Crippen molar-refractivity contribution < 1.29 is 17.6 Å². The molecule has 0 saturated carbocycles. The molecule has 0 saturated heterocycles. The molecule has 2 rings (SSSR count). The fourth-order valence-electron chi connectivity index (χ4n) is 1.82. The van der Waals surface area contributed by atoms with Crippen molar-refractivity contribution in [1.29, 1.82) is 5.26 Å². The number of primary sulfonamides is 1. The number of nitrogens with zero attached hydrogens (tertiary/aromatic N) is 1. The molecule has 0 aliphatic carbocycles. The Morgan fingerprint density at radius 1 is 1.30 bits per heavy atom. The first-order valence-corrected chi connectivity index (χ1v) is 7.78. The zero-order valence-electron chi connectivity index (χ0n) is 10.7. The minimum atomic E-state index is -3.43. The molecule has 1 aromatic heterocycles. The van der Waals surface area contributed by atoms with E-state index in [0.717, 1.165) is 5.39 Å². The molecule has 0 aliphatic rings. The Morgan fingerprint density at radius 2 is 2.05 bits per heavy atom. The second-order valence-corrected chi connectivity index (χ2v) is 6.02. The molecular formula is C13H14N2O4S. The maximum atomic E-state index is 10.8. The molecule has 0 amide bonds. The molecule has 20 heavy (non-hydrogen) atoms. The number of benzene rings is 1. The first-order chi connectivity index (χ1) is 9.51. The molecule has 0 atom stereocenters. The van der Waals surface area contributed by atoms with E-state index in [9.17, 15) is 8.42 Å². The zero-order chi connectivity index (χ0) is 14.6. The summed E-state index contributed by atoms with van der Waals surface area (Å²) in [5.74, 6) is 0.449. The van der Waals surface area contributed by atoms with Gasteiger partial charge in [-0.15, -0.1) is 0 Å². The van der Waals surface area contributed by atoms with Crippen LogP contribution in [-0.4, -0.2) is 20.8 Å². The Labute approximate surface area is 116 Å². The Kier molecular flexibility index (Phi) is 4.27. The van der Waals surface area contributed by atoms with Gasteiger partial charge in [-0.05, 0) is 25.0 Å². The Morgan fingerprint density at radius 3 is 2.75 bits per heavy atom. The lowest BCUT2D eigenvalue weighted by molar-refractivity contribution is 0.307. The van der Waals surface area contributed by atoms with Gasteiger partial charge in [0.1, 0.15) is 11.7 Å². The van der Waals surface area contributed by atoms with Crippen molar-refractivity contribution in [3.63, 3.8) is 0 Å². The smallest absolute Gasteiger partial charge is 0.246 e. The molecular weight excluding hydrogens is 280 g/mol. The van der Waals surface area contributed by atoms with Crippen LogP contribution in [0.5, 0.6) is 5.75 Å². The Balaban J connectivity index is 2.01. The van der Waals surface area contributed by atoms with E-state index in [4.69, 9.17) is 19.6 Å². The number of rotatable bonds is 6. The van der Waals surface area contributed by atoms with Crippen molar-refractivity contribution in [2.75, 3.05) is 12.4 Å². The average molecular weight is 294 g/mol. The average Bonchev–Trinajstić information content (AvgIpc) is 2.75. The zero-order valence-corrected chi connectivity index (χ0v) is 11.5. The van der Waals surface area contributed by atoms with Crippen molar-refractivity contribution in [2.24, 2.45) is 5.14 Å². The van der Waals surface area contributed by atoms with Gasteiger partial charge in [0.25, 0.3) is 0 Å². The Hall–Kier alpha value is -2.04. The number of hydrogen-bond acceptors (Lipinski definition) is 5. The molecule has 0 unspecified atom stereocenters. The van der Waals surface area contributed by atoms with Crippen LogP contribution in [0.2, 0.25) is 0 Å². The summed E-state index contributed by atoms with van der Waals surface area (Å²) in [6, 6.07) is 9.14. The number of ether oxygens (including phenoxy) is 1. The lowest BCUT2D eigenvalue weighted by Gasteiger charge is -2.04. The van der Waals surface area contributed by atoms with Crippen LogP contribution in [0.15, 0.2) is 28.7 Å². The quantitative estimate of drug-likeness (QED) is 0.817. The summed E-state index contributed by atoms with van der Waals surface area (Å²) in [5, 5.41) is 14.6. The van der Waals surface area contributed by atoms with Crippen LogP contribution in [0.4, 0.5) is 0 Å². The summed E-state index contributed by atoms with van der Waals surface area (Å²) in [6.45, 7) is 0.299. The second-order valence-electron chi connectivity index (χ2n) is 4.29. The second kappa shape index (κ2) is 5.94. The normalized spacial score (nSPS) is 11.4. The number of hydrogen-bond donors (Lipinski definition) is 1. The summed E-state index contributed by atoms with van der Waals surface area (Å²) < 4.78 is 32.5. The Bertz CT molecular complexity index is 743. The van der Waals surface area contributed by atoms with E-state index in [1.54, 1.807) is 12.1 Å². The van der Waals surface area contributed by atoms with Gasteiger partial charge in [-0.3, -0.25) is 0 Å². The molecule has 1 aromatic carbocycles. The maximum Gasteiger partial charge on any atom is 0.246 e. The number of sulfonamides is 1. The molecule has 0 radical (unpaired) electrons. The van der Waals surface area contributed by atoms with Gasteiger partial charge in [-0.2, -0.15) is 5.26 Å². The maximum absolute atomic E-state index is 10.8. The first-order valence-electron chi connectivity index (χ1n) is 6.06. The molecule has 7 heteroatoms. The van der Waals surface area contributed by atoms with Crippen LogP contribution in [0.25, 0.3) is 11.0 Å². The van der Waals surface area contributed by atoms with Crippen LogP contribution < -0.4 is 9.88 Å². The summed E-state index contributed by atoms with van der Waals surface area (Å²) in [4.78, 5) is 0. The standard InChI is InChI=1S/C13H14N2O4S/c14-9-12-13(10-5-1-2-6-11(10)19-12)18-7-3-4-8-20(15,16)17/h1-2,5-6H,3-4,7-8H2,(H2,15,16,17). The van der Waals surface area contributed by atoms with E-state index in [2.05, 4.69) is 0 Å². The van der Waals surface area contributed by atoms with Crippen LogP contribution in [0.1, 0.15) is 18.6 Å². The van der Waals surface area contributed by atoms with Crippen LogP contribution in [-0.2, 0) is 10.0 Å². The van der Waals surface area contributed by atoms with Crippen LogP contribution >= 0.6 is 0 Å². The number of unbranched alkanes of at least 4 members (excludes halogenated alkanes) is 1. The number of nitriles is 1. The van der Waals surface area contributed by atoms with E-state index in [-0.39, 0.29) is 11.5 Å². The van der Waals surface area contributed by atoms with Gasteiger partial charge in [0.05, 0.1) is 17.7 Å². The van der Waals surface area contributed by atoms with Crippen molar-refractivity contribution >= 4 is 21.0 Å². The van der Waals surface area contributed by atoms with Gasteiger partial charge < -0.3 is 9.15 Å². The van der Waals surface area contributed by atoms with Gasteiger partial charge >= 0.3 is 0 Å². The lowest BCUT2D eigenvalue weighted by atomic mass is 10.2. The minimum absolute atomic E-state index is 0.0758. The van der Waals surface area contributed by atoms with Crippen molar-refractivity contribution in [1.82, 2.24) is 0 Å². The predicted octanol–water partition coefficient (Wildman–Crippen LogP) is 1.75. The number of para-hydroxylation sites is 1. The third kappa shape index (κ3) is 3.50. The molecule has 6 nitrogen and oxygen atoms in total. The van der Waals surface area contributed by atoms with Gasteiger partial charge in [0.15, 0.2) is 5.75 Å². The van der Waals surface area contributed by atoms with Gasteiger partial charge in [0, 0.05) is 0 Å². The highest BCUT2D eigenvalue weighted by molar-refractivity contribution is 7.89. The monoisotopic (exact) mass is 294 g/mol. The summed E-state index contributed by atoms with van der Waals surface area (Å²) in [6.07, 6.45) is 0.942. The first kappa shape index (κ1) is 14.4. The highest BCUT2D eigenvalue weighted by Gasteiger charge is 2.14. The molecule has 106 valence electrons. The molecule has 2 N–H and O–H groups in total. The fourth-order valence-corrected chi connectivity index (χ4v) is 2.42. The van der Waals surface area contributed by atoms with Gasteiger partial charge in [-0.1, -0.05) is 12.1 Å². The van der Waals surface area contributed by atoms with Crippen molar-refractivity contribution in [3.05, 3.63) is 30.0 Å². The van der Waals surface area contributed by atoms with E-state index >= 15 is 0 Å². The molecule has 0 spiro atoms. The fraction of sp³-hybridized carbons (Fsp3) is 0.308. The predicted molar refractivity (Wildman–Crippen MR) is 73.6 cm³/mol. The van der Waals surface area contributed by atoms with E-state index in [1.807, 2.05) is 18.2 Å². The minimum Gasteiger partial charge on any atom is -0.488 e. The number of nitrogens with two attached hydrogens (primary N) is 1. The van der Waals surface area contributed by atoms with Gasteiger partial charge in [0.2, 0.25) is 15.8 Å². The molecule has 1 heterocycles. The van der Waals surface area contributed by atoms with Gasteiger partial charge in [-0.25, -0.2) is 13.6 Å². The van der Waals surface area contributed by atoms with Crippen LogP contribution in [0.3, 0.4) is 0 Å². The third-order valence-corrected chi connectivity index (χ3v) is 3.58. The molecule has 0 aliphatic heterocycles. The molecule has 0 bridgehead atoms. The van der Waals surface area contributed by atoms with Crippen molar-refractivity contribution in [3.8, 4) is 11.8 Å². The molecule has 0 fully saturated rings. The third-order valence-electron chi connectivity index (χ3n) is 2.72. The van der Waals surface area contributed by atoms with E-state index in [1.165, 1.54) is 0 Å². The number of fused-ring (bicyclic) bond motifs is 1. The van der Waals surface area contributed by atoms with E-state index in [0.29, 0.717) is 30.8 Å². The van der Waals surface area contributed by atoms with Crippen molar-refractivity contribution in [2.45, 2.75) is 12.8 Å². The highest BCUT2D eigenvalue weighted by Crippen LogP contribution is 2.32. The summed E-state index contributed by atoms with van der Waals surface area (Å²) in [5.41, 5.74) is 0.587. The van der Waals surface area contributed by atoms with E-state index < -0.39 is 10.0 Å². The SMILES string of the molecule is N#Cc1oc2ccccc2c1OCCCCS(N)(=O)=O. The topological polar surface area (TPSA) is 106 Å². The number of furan rings is 1. The van der Waals surface area contributed by atoms with Crippen LogP contribution in [0, 0.1) is 11.3 Å². The lowest BCUT2D eigenvalue weighted by Crippen LogP contribution is -2.16. The summed E-state index contributed by atoms with van der Waals surface area (Å²) >= 11 is 0.